The molecule has 13 heavy (non-hydrogen) atoms. The summed E-state index contributed by atoms with van der Waals surface area (Å²) in [6.45, 7) is 3.45. The second-order valence-electron chi connectivity index (χ2n) is 3.00. The number of carbonyl (C=O) groups is 1. The Morgan fingerprint density at radius 3 is 2.08 bits per heavy atom. The molecule has 0 fully saturated rings. The number of rotatable bonds is 6. The minimum atomic E-state index is -0.865. The fourth-order valence-electron chi connectivity index (χ4n) is 1.10. The van der Waals surface area contributed by atoms with E-state index >= 15 is 0 Å². The number of aliphatic hydroxyl groups is 2. The first-order valence-corrected chi connectivity index (χ1v) is 4.29. The monoisotopic (exact) mass is 191 g/mol. The average molecular weight is 191 g/mol. The van der Waals surface area contributed by atoms with E-state index in [-0.39, 0.29) is 6.42 Å². The van der Waals surface area contributed by atoms with E-state index < -0.39 is 18.4 Å². The Kier molecular flexibility index (Phi) is 5.61. The number of carboxylic acids is 1. The largest absolute Gasteiger partial charge is 0.481 e. The highest BCUT2D eigenvalue weighted by atomic mass is 16.4. The van der Waals surface area contributed by atoms with Crippen molar-refractivity contribution in [1.82, 2.24) is 4.90 Å². The predicted octanol–water partition coefficient (Wildman–Crippen LogP) is -0.170. The van der Waals surface area contributed by atoms with Gasteiger partial charge in [0, 0.05) is 13.0 Å². The molecule has 0 radical (unpaired) electrons. The van der Waals surface area contributed by atoms with E-state index in [1.807, 2.05) is 0 Å². The van der Waals surface area contributed by atoms with Crippen LogP contribution in [0.3, 0.4) is 0 Å². The molecule has 0 aromatic carbocycles. The van der Waals surface area contributed by atoms with Crippen molar-refractivity contribution in [3.05, 3.63) is 0 Å². The zero-order chi connectivity index (χ0) is 10.4. The molecular weight excluding hydrogens is 174 g/mol. The number of hydrogen-bond donors (Lipinski definition) is 3. The van der Waals surface area contributed by atoms with Gasteiger partial charge in [0.1, 0.15) is 12.5 Å². The van der Waals surface area contributed by atoms with Crippen molar-refractivity contribution in [3.63, 3.8) is 0 Å². The van der Waals surface area contributed by atoms with Crippen LogP contribution in [0, 0.1) is 0 Å². The number of aliphatic carboxylic acids is 1. The fraction of sp³-hybridized carbons (Fsp3) is 0.875. The van der Waals surface area contributed by atoms with Gasteiger partial charge in [-0.2, -0.15) is 0 Å². The molecule has 0 rings (SSSR count). The van der Waals surface area contributed by atoms with Crippen LogP contribution in [0.2, 0.25) is 0 Å². The molecule has 0 aliphatic rings. The number of hydrogen-bond acceptors (Lipinski definition) is 4. The molecule has 5 nitrogen and oxygen atoms in total. The molecule has 0 aromatic heterocycles. The third kappa shape index (κ3) is 5.57. The van der Waals surface area contributed by atoms with Crippen LogP contribution in [0.5, 0.6) is 0 Å². The molecule has 0 spiro atoms. The van der Waals surface area contributed by atoms with Crippen molar-refractivity contribution in [1.29, 1.82) is 0 Å². The van der Waals surface area contributed by atoms with Crippen molar-refractivity contribution < 1.29 is 20.1 Å². The van der Waals surface area contributed by atoms with E-state index in [1.54, 1.807) is 0 Å². The van der Waals surface area contributed by atoms with Gasteiger partial charge in [0.2, 0.25) is 0 Å². The summed E-state index contributed by atoms with van der Waals surface area (Å²) in [6, 6.07) is 0. The van der Waals surface area contributed by atoms with Gasteiger partial charge < -0.3 is 15.3 Å². The van der Waals surface area contributed by atoms with Gasteiger partial charge in [-0.05, 0) is 20.3 Å². The zero-order valence-corrected chi connectivity index (χ0v) is 7.97. The van der Waals surface area contributed by atoms with Gasteiger partial charge in [0.05, 0.1) is 0 Å². The molecule has 0 heterocycles. The van der Waals surface area contributed by atoms with E-state index in [0.29, 0.717) is 13.0 Å². The van der Waals surface area contributed by atoms with Crippen molar-refractivity contribution in [2.24, 2.45) is 0 Å². The van der Waals surface area contributed by atoms with E-state index in [9.17, 15) is 4.79 Å². The summed E-state index contributed by atoms with van der Waals surface area (Å²) in [4.78, 5) is 11.6. The van der Waals surface area contributed by atoms with Gasteiger partial charge in [-0.3, -0.25) is 9.69 Å². The van der Waals surface area contributed by atoms with Crippen molar-refractivity contribution in [3.8, 4) is 0 Å². The third-order valence-electron chi connectivity index (χ3n) is 1.77. The third-order valence-corrected chi connectivity index (χ3v) is 1.77. The van der Waals surface area contributed by atoms with Gasteiger partial charge >= 0.3 is 5.97 Å². The topological polar surface area (TPSA) is 81.0 Å². The van der Waals surface area contributed by atoms with Crippen LogP contribution in [-0.4, -0.2) is 45.2 Å². The minimum absolute atomic E-state index is 0.0515. The lowest BCUT2D eigenvalue weighted by Gasteiger charge is -2.27. The van der Waals surface area contributed by atoms with Gasteiger partial charge in [0.15, 0.2) is 0 Å². The van der Waals surface area contributed by atoms with E-state index in [4.69, 9.17) is 15.3 Å². The van der Waals surface area contributed by atoms with Crippen LogP contribution in [-0.2, 0) is 4.79 Å². The molecule has 0 aliphatic heterocycles. The van der Waals surface area contributed by atoms with E-state index in [2.05, 4.69) is 0 Å². The molecule has 0 amide bonds. The molecule has 5 heteroatoms. The Balaban J connectivity index is 3.77. The first kappa shape index (κ1) is 12.3. The Labute approximate surface area is 77.6 Å². The van der Waals surface area contributed by atoms with Crippen LogP contribution in [0.1, 0.15) is 26.7 Å². The van der Waals surface area contributed by atoms with Crippen molar-refractivity contribution >= 4 is 5.97 Å². The highest BCUT2D eigenvalue weighted by Gasteiger charge is 2.15. The molecule has 0 saturated carbocycles. The second kappa shape index (κ2) is 5.90. The van der Waals surface area contributed by atoms with E-state index in [0.717, 1.165) is 0 Å². The lowest BCUT2D eigenvalue weighted by atomic mass is 10.3. The maximum absolute atomic E-state index is 10.2. The number of aliphatic hydroxyl groups excluding tert-OH is 2. The average Bonchev–Trinajstić information content (AvgIpc) is 1.95. The van der Waals surface area contributed by atoms with Gasteiger partial charge in [-0.15, -0.1) is 0 Å². The van der Waals surface area contributed by atoms with Crippen molar-refractivity contribution in [2.75, 3.05) is 6.54 Å². The second-order valence-corrected chi connectivity index (χ2v) is 3.00. The summed E-state index contributed by atoms with van der Waals surface area (Å²) in [5.74, 6) is -0.865. The number of nitrogens with zero attached hydrogens (tertiary/aromatic N) is 1. The molecule has 2 unspecified atom stereocenters. The van der Waals surface area contributed by atoms with Gasteiger partial charge in [0.25, 0.3) is 0 Å². The van der Waals surface area contributed by atoms with E-state index in [1.165, 1.54) is 18.7 Å². The Hall–Kier alpha value is -0.650. The molecule has 0 bridgehead atoms. The quantitative estimate of drug-likeness (QED) is 0.508. The minimum Gasteiger partial charge on any atom is -0.481 e. The summed E-state index contributed by atoms with van der Waals surface area (Å²) in [6.07, 6.45) is -1.04. The maximum atomic E-state index is 10.2. The van der Waals surface area contributed by atoms with Crippen LogP contribution in [0.15, 0.2) is 0 Å². The zero-order valence-electron chi connectivity index (χ0n) is 7.97. The highest BCUT2D eigenvalue weighted by Crippen LogP contribution is 2.03. The molecule has 0 saturated heterocycles. The summed E-state index contributed by atoms with van der Waals surface area (Å²) in [5.41, 5.74) is 0. The first-order valence-electron chi connectivity index (χ1n) is 4.29. The standard InChI is InChI=1S/C8H17NO4/c1-6(10)9(7(2)11)5-3-4-8(12)13/h6-7,10-11H,3-5H2,1-2H3,(H,12,13). The Morgan fingerprint density at radius 2 is 1.77 bits per heavy atom. The summed E-state index contributed by atoms with van der Waals surface area (Å²) in [5, 5.41) is 26.7. The molecule has 2 atom stereocenters. The molecule has 0 aliphatic carbocycles. The summed E-state index contributed by atoms with van der Waals surface area (Å²) in [7, 11) is 0. The van der Waals surface area contributed by atoms with Crippen LogP contribution in [0.25, 0.3) is 0 Å². The van der Waals surface area contributed by atoms with Crippen LogP contribution < -0.4 is 0 Å². The lowest BCUT2D eigenvalue weighted by Crippen LogP contribution is -2.40. The first-order chi connectivity index (χ1) is 5.95. The van der Waals surface area contributed by atoms with Gasteiger partial charge in [-0.1, -0.05) is 0 Å². The highest BCUT2D eigenvalue weighted by molar-refractivity contribution is 5.66. The number of carboxylic acid groups (broad SMARTS) is 1. The van der Waals surface area contributed by atoms with Crippen LogP contribution >= 0.6 is 0 Å². The fourth-order valence-corrected chi connectivity index (χ4v) is 1.10. The lowest BCUT2D eigenvalue weighted by molar-refractivity contribution is -0.138. The van der Waals surface area contributed by atoms with Crippen molar-refractivity contribution in [2.45, 2.75) is 39.1 Å². The Morgan fingerprint density at radius 1 is 1.31 bits per heavy atom. The Bertz CT molecular complexity index is 150. The molecule has 3 N–H and O–H groups in total. The predicted molar refractivity (Wildman–Crippen MR) is 46.9 cm³/mol. The molecule has 78 valence electrons. The summed E-state index contributed by atoms with van der Waals surface area (Å²) >= 11 is 0. The molecular formula is C8H17NO4. The molecule has 0 aromatic rings. The SMILES string of the molecule is CC(O)N(CCCC(=O)O)C(C)O. The maximum Gasteiger partial charge on any atom is 0.303 e. The normalized spacial score (nSPS) is 15.8. The summed E-state index contributed by atoms with van der Waals surface area (Å²) < 4.78 is 0. The van der Waals surface area contributed by atoms with Gasteiger partial charge in [-0.25, -0.2) is 0 Å². The van der Waals surface area contributed by atoms with Crippen LogP contribution in [0.4, 0.5) is 0 Å². The smallest absolute Gasteiger partial charge is 0.303 e.